The molecular weight excluding hydrogens is 374 g/mol. The molecule has 0 radical (unpaired) electrons. The average molecular weight is 405 g/mol. The Morgan fingerprint density at radius 2 is 1.65 bits per heavy atom. The van der Waals surface area contributed by atoms with Crippen LogP contribution < -0.4 is 0 Å². The molecule has 0 heterocycles. The fraction of sp³-hybridized carbons (Fsp3) is 0.684. The maximum absolute atomic E-state index is 11.6. The summed E-state index contributed by atoms with van der Waals surface area (Å²) >= 11 is 3.50. The van der Waals surface area contributed by atoms with Gasteiger partial charge in [0.15, 0.2) is 0 Å². The number of hydrogen-bond donors (Lipinski definition) is 1. The predicted molar refractivity (Wildman–Crippen MR) is 104 cm³/mol. The van der Waals surface area contributed by atoms with E-state index in [0.717, 1.165) is 48.9 Å². The van der Waals surface area contributed by atoms with Gasteiger partial charge in [0.25, 0.3) is 0 Å². The van der Waals surface area contributed by atoms with E-state index in [-0.39, 0.29) is 12.4 Å². The minimum atomic E-state index is -0.677. The molecule has 0 saturated heterocycles. The van der Waals surface area contributed by atoms with E-state index in [1.807, 2.05) is 0 Å². The lowest BCUT2D eigenvalue weighted by Gasteiger charge is -2.40. The molecule has 0 amide bonds. The summed E-state index contributed by atoms with van der Waals surface area (Å²) < 4.78 is 1.07. The van der Waals surface area contributed by atoms with Gasteiger partial charge in [0, 0.05) is 11.0 Å². The number of nitrogens with zero attached hydrogens (tertiary/aromatic N) is 1. The standard InChI is InChI=1S/C19H30BrNO.ClH/c1-3-21(4-2)15-14-19(22,16-8-6-5-7-9-16)17-10-12-18(20)13-11-17;/h10-13,16,22H,3-9,14-15H2,1-2H3;1H. The molecule has 2 nitrogen and oxygen atoms in total. The maximum Gasteiger partial charge on any atom is 0.0936 e. The summed E-state index contributed by atoms with van der Waals surface area (Å²) in [6.45, 7) is 7.47. The second-order valence-electron chi connectivity index (χ2n) is 6.54. The summed E-state index contributed by atoms with van der Waals surface area (Å²) in [4.78, 5) is 2.41. The molecule has 132 valence electrons. The summed E-state index contributed by atoms with van der Waals surface area (Å²) in [6.07, 6.45) is 6.99. The van der Waals surface area contributed by atoms with Crippen LogP contribution in [0.4, 0.5) is 0 Å². The first kappa shape index (κ1) is 21.0. The van der Waals surface area contributed by atoms with E-state index in [4.69, 9.17) is 0 Å². The van der Waals surface area contributed by atoms with Gasteiger partial charge in [0.1, 0.15) is 0 Å². The Morgan fingerprint density at radius 3 is 2.17 bits per heavy atom. The zero-order valence-electron chi connectivity index (χ0n) is 14.4. The van der Waals surface area contributed by atoms with Gasteiger partial charge < -0.3 is 10.0 Å². The molecule has 1 N–H and O–H groups in total. The van der Waals surface area contributed by atoms with Crippen molar-refractivity contribution in [2.24, 2.45) is 5.92 Å². The normalized spacial score (nSPS) is 18.5. The largest absolute Gasteiger partial charge is 0.385 e. The molecule has 0 aliphatic heterocycles. The van der Waals surface area contributed by atoms with Crippen LogP contribution in [-0.2, 0) is 5.60 Å². The smallest absolute Gasteiger partial charge is 0.0936 e. The van der Waals surface area contributed by atoms with Crippen LogP contribution in [0.15, 0.2) is 28.7 Å². The second-order valence-corrected chi connectivity index (χ2v) is 7.46. The van der Waals surface area contributed by atoms with Crippen molar-refractivity contribution in [3.8, 4) is 0 Å². The van der Waals surface area contributed by atoms with E-state index in [1.165, 1.54) is 19.3 Å². The average Bonchev–Trinajstić information content (AvgIpc) is 2.57. The number of rotatable bonds is 7. The highest BCUT2D eigenvalue weighted by Gasteiger charge is 2.38. The predicted octanol–water partition coefficient (Wildman–Crippen LogP) is 5.37. The lowest BCUT2D eigenvalue weighted by molar-refractivity contribution is -0.0516. The highest BCUT2D eigenvalue weighted by atomic mass is 79.9. The van der Waals surface area contributed by atoms with E-state index in [1.54, 1.807) is 0 Å². The van der Waals surface area contributed by atoms with Gasteiger partial charge in [-0.2, -0.15) is 0 Å². The van der Waals surface area contributed by atoms with Crippen molar-refractivity contribution >= 4 is 28.3 Å². The quantitative estimate of drug-likeness (QED) is 0.660. The van der Waals surface area contributed by atoms with Crippen molar-refractivity contribution in [1.29, 1.82) is 0 Å². The molecule has 4 heteroatoms. The van der Waals surface area contributed by atoms with Crippen LogP contribution >= 0.6 is 28.3 Å². The number of hydrogen-bond acceptors (Lipinski definition) is 2. The van der Waals surface area contributed by atoms with Gasteiger partial charge in [0.2, 0.25) is 0 Å². The molecule has 1 aliphatic carbocycles. The molecule has 1 atom stereocenters. The van der Waals surface area contributed by atoms with Crippen molar-refractivity contribution in [3.63, 3.8) is 0 Å². The molecule has 2 rings (SSSR count). The Hall–Kier alpha value is -0.0900. The second kappa shape index (κ2) is 10.0. The van der Waals surface area contributed by atoms with Gasteiger partial charge in [-0.1, -0.05) is 61.2 Å². The van der Waals surface area contributed by atoms with Gasteiger partial charge in [0.05, 0.1) is 5.60 Å². The minimum Gasteiger partial charge on any atom is -0.385 e. The molecule has 1 fully saturated rings. The molecule has 1 aliphatic rings. The van der Waals surface area contributed by atoms with Gasteiger partial charge in [-0.3, -0.25) is 0 Å². The molecule has 1 aromatic rings. The Labute approximate surface area is 156 Å². The van der Waals surface area contributed by atoms with Crippen molar-refractivity contribution in [2.75, 3.05) is 19.6 Å². The Kier molecular flexibility index (Phi) is 9.13. The van der Waals surface area contributed by atoms with Crippen molar-refractivity contribution in [2.45, 2.75) is 58.0 Å². The van der Waals surface area contributed by atoms with Crippen LogP contribution in [0.5, 0.6) is 0 Å². The topological polar surface area (TPSA) is 23.5 Å². The minimum absolute atomic E-state index is 0. The molecule has 0 spiro atoms. The highest BCUT2D eigenvalue weighted by Crippen LogP contribution is 2.42. The van der Waals surface area contributed by atoms with Crippen LogP contribution in [-0.4, -0.2) is 29.6 Å². The number of aliphatic hydroxyl groups is 1. The van der Waals surface area contributed by atoms with E-state index in [2.05, 4.69) is 58.9 Å². The zero-order chi connectivity index (χ0) is 16.0. The van der Waals surface area contributed by atoms with Gasteiger partial charge >= 0.3 is 0 Å². The van der Waals surface area contributed by atoms with Crippen LogP contribution in [0.1, 0.15) is 57.9 Å². The molecule has 0 bridgehead atoms. The van der Waals surface area contributed by atoms with E-state index < -0.39 is 5.60 Å². The lowest BCUT2D eigenvalue weighted by atomic mass is 9.71. The summed E-state index contributed by atoms with van der Waals surface area (Å²) in [6, 6.07) is 8.31. The first-order valence-electron chi connectivity index (χ1n) is 8.81. The molecule has 1 aromatic carbocycles. The SMILES string of the molecule is CCN(CC)CCC(O)(c1ccc(Br)cc1)C1CCCCC1.Cl. The Morgan fingerprint density at radius 1 is 1.09 bits per heavy atom. The monoisotopic (exact) mass is 403 g/mol. The first-order valence-corrected chi connectivity index (χ1v) is 9.60. The summed E-state index contributed by atoms with van der Waals surface area (Å²) in [5, 5.41) is 11.6. The van der Waals surface area contributed by atoms with Crippen LogP contribution in [0, 0.1) is 5.92 Å². The van der Waals surface area contributed by atoms with Crippen molar-refractivity contribution in [3.05, 3.63) is 34.3 Å². The van der Waals surface area contributed by atoms with Gasteiger partial charge in [-0.25, -0.2) is 0 Å². The van der Waals surface area contributed by atoms with Crippen LogP contribution in [0.3, 0.4) is 0 Å². The maximum atomic E-state index is 11.6. The molecular formula is C19H31BrClNO. The highest BCUT2D eigenvalue weighted by molar-refractivity contribution is 9.10. The first-order chi connectivity index (χ1) is 10.6. The number of benzene rings is 1. The van der Waals surface area contributed by atoms with Crippen molar-refractivity contribution < 1.29 is 5.11 Å². The van der Waals surface area contributed by atoms with E-state index in [0.29, 0.717) is 5.92 Å². The van der Waals surface area contributed by atoms with Gasteiger partial charge in [-0.05, 0) is 56.0 Å². The van der Waals surface area contributed by atoms with E-state index in [9.17, 15) is 5.11 Å². The lowest BCUT2D eigenvalue weighted by Crippen LogP contribution is -2.40. The van der Waals surface area contributed by atoms with Crippen molar-refractivity contribution in [1.82, 2.24) is 4.90 Å². The third-order valence-corrected chi connectivity index (χ3v) is 5.86. The molecule has 1 saturated carbocycles. The fourth-order valence-electron chi connectivity index (χ4n) is 3.77. The third-order valence-electron chi connectivity index (χ3n) is 5.33. The Bertz CT molecular complexity index is 443. The number of halogens is 2. The summed E-state index contributed by atoms with van der Waals surface area (Å²) in [7, 11) is 0. The molecule has 1 unspecified atom stereocenters. The summed E-state index contributed by atoms with van der Waals surface area (Å²) in [5.41, 5.74) is 0.415. The van der Waals surface area contributed by atoms with Gasteiger partial charge in [-0.15, -0.1) is 12.4 Å². The molecule has 23 heavy (non-hydrogen) atoms. The van der Waals surface area contributed by atoms with E-state index >= 15 is 0 Å². The fourth-order valence-corrected chi connectivity index (χ4v) is 4.04. The van der Waals surface area contributed by atoms with Crippen LogP contribution in [0.2, 0.25) is 0 Å². The zero-order valence-corrected chi connectivity index (χ0v) is 16.8. The molecule has 0 aromatic heterocycles. The Balaban J connectivity index is 0.00000264. The third kappa shape index (κ3) is 5.45. The summed E-state index contributed by atoms with van der Waals surface area (Å²) in [5.74, 6) is 0.401. The van der Waals surface area contributed by atoms with Crippen LogP contribution in [0.25, 0.3) is 0 Å².